The molecule has 20 heavy (non-hydrogen) atoms. The van der Waals surface area contributed by atoms with E-state index < -0.39 is 23.9 Å². The Balaban J connectivity index is 2.09. The van der Waals surface area contributed by atoms with E-state index in [2.05, 4.69) is 0 Å². The van der Waals surface area contributed by atoms with Crippen LogP contribution in [0.25, 0.3) is 0 Å². The number of aromatic carboxylic acids is 1. The predicted molar refractivity (Wildman–Crippen MR) is 64.4 cm³/mol. The van der Waals surface area contributed by atoms with Crippen molar-refractivity contribution < 1.29 is 27.5 Å². The number of halogens is 4. The van der Waals surface area contributed by atoms with Crippen molar-refractivity contribution in [3.63, 3.8) is 0 Å². The number of benzene rings is 1. The van der Waals surface area contributed by atoms with Gasteiger partial charge in [-0.2, -0.15) is 13.2 Å². The Morgan fingerprint density at radius 2 is 1.85 bits per heavy atom. The number of hydrogen-bond donors (Lipinski definition) is 1. The fourth-order valence-corrected chi connectivity index (χ4v) is 2.34. The van der Waals surface area contributed by atoms with Gasteiger partial charge in [-0.3, -0.25) is 0 Å². The van der Waals surface area contributed by atoms with Crippen LogP contribution in [0.15, 0.2) is 18.2 Å². The molecule has 3 nitrogen and oxygen atoms in total. The highest BCUT2D eigenvalue weighted by atomic mass is 19.4. The first-order valence-electron chi connectivity index (χ1n) is 6.13. The molecule has 0 unspecified atom stereocenters. The largest absolute Gasteiger partial charge is 0.478 e. The first-order chi connectivity index (χ1) is 9.29. The van der Waals surface area contributed by atoms with Crippen LogP contribution in [0.4, 0.5) is 23.2 Å². The molecule has 1 aromatic rings. The standard InChI is InChI=1S/C13H13F4NO2/c14-10-7-8(12(19)20)1-2-11(10)18-5-3-9(4-6-18)13(15,16)17/h1-2,7,9H,3-6H2,(H,19,20). The van der Waals surface area contributed by atoms with Crippen LogP contribution >= 0.6 is 0 Å². The van der Waals surface area contributed by atoms with E-state index in [1.165, 1.54) is 17.0 Å². The predicted octanol–water partition coefficient (Wildman–Crippen LogP) is 3.30. The van der Waals surface area contributed by atoms with Crippen molar-refractivity contribution in [2.24, 2.45) is 5.92 Å². The van der Waals surface area contributed by atoms with Gasteiger partial charge >= 0.3 is 12.1 Å². The van der Waals surface area contributed by atoms with E-state index in [0.29, 0.717) is 0 Å². The molecule has 1 fully saturated rings. The summed E-state index contributed by atoms with van der Waals surface area (Å²) in [5.74, 6) is -3.32. The highest BCUT2D eigenvalue weighted by Crippen LogP contribution is 2.35. The van der Waals surface area contributed by atoms with Gasteiger partial charge in [-0.15, -0.1) is 0 Å². The lowest BCUT2D eigenvalue weighted by Gasteiger charge is -2.34. The molecule has 0 aromatic heterocycles. The third-order valence-electron chi connectivity index (χ3n) is 3.49. The lowest BCUT2D eigenvalue weighted by atomic mass is 9.96. The highest BCUT2D eigenvalue weighted by Gasteiger charge is 2.41. The number of alkyl halides is 3. The molecule has 0 bridgehead atoms. The van der Waals surface area contributed by atoms with Gasteiger partial charge in [0.2, 0.25) is 0 Å². The van der Waals surface area contributed by atoms with Crippen molar-refractivity contribution in [2.45, 2.75) is 19.0 Å². The Labute approximate surface area is 112 Å². The number of carboxylic acids is 1. The third-order valence-corrected chi connectivity index (χ3v) is 3.49. The molecule has 1 N–H and O–H groups in total. The second kappa shape index (κ2) is 5.30. The zero-order valence-electron chi connectivity index (χ0n) is 10.5. The van der Waals surface area contributed by atoms with Gasteiger partial charge in [0, 0.05) is 13.1 Å². The van der Waals surface area contributed by atoms with E-state index in [1.807, 2.05) is 0 Å². The van der Waals surface area contributed by atoms with Crippen molar-refractivity contribution in [3.05, 3.63) is 29.6 Å². The number of carbonyl (C=O) groups is 1. The summed E-state index contributed by atoms with van der Waals surface area (Å²) >= 11 is 0. The number of hydrogen-bond acceptors (Lipinski definition) is 2. The Kier molecular flexibility index (Phi) is 3.87. The fourth-order valence-electron chi connectivity index (χ4n) is 2.34. The quantitative estimate of drug-likeness (QED) is 0.850. The van der Waals surface area contributed by atoms with Crippen LogP contribution < -0.4 is 4.90 Å². The number of carboxylic acid groups (broad SMARTS) is 1. The van der Waals surface area contributed by atoms with E-state index in [-0.39, 0.29) is 37.2 Å². The molecule has 1 saturated heterocycles. The lowest BCUT2D eigenvalue weighted by Crippen LogP contribution is -2.39. The van der Waals surface area contributed by atoms with Crippen LogP contribution in [0.5, 0.6) is 0 Å². The SMILES string of the molecule is O=C(O)c1ccc(N2CCC(C(F)(F)F)CC2)c(F)c1. The molecule has 2 rings (SSSR count). The average molecular weight is 291 g/mol. The fraction of sp³-hybridized carbons (Fsp3) is 0.462. The first kappa shape index (κ1) is 14.6. The zero-order valence-corrected chi connectivity index (χ0v) is 10.5. The molecule has 0 saturated carbocycles. The molecule has 7 heteroatoms. The van der Waals surface area contributed by atoms with Crippen LogP contribution in [0, 0.1) is 11.7 Å². The Hall–Kier alpha value is -1.79. The number of rotatable bonds is 2. The molecule has 110 valence electrons. The first-order valence-corrected chi connectivity index (χ1v) is 6.13. The molecular formula is C13H13F4NO2. The van der Waals surface area contributed by atoms with Gasteiger partial charge in [-0.25, -0.2) is 9.18 Å². The zero-order chi connectivity index (χ0) is 14.9. The number of piperidine rings is 1. The molecule has 1 aromatic carbocycles. The minimum absolute atomic E-state index is 0.0797. The van der Waals surface area contributed by atoms with Crippen LogP contribution in [0.3, 0.4) is 0 Å². The monoisotopic (exact) mass is 291 g/mol. The summed E-state index contributed by atoms with van der Waals surface area (Å²) in [6.07, 6.45) is -4.37. The Morgan fingerprint density at radius 1 is 1.25 bits per heavy atom. The summed E-state index contributed by atoms with van der Waals surface area (Å²) in [5.41, 5.74) is -0.0351. The van der Waals surface area contributed by atoms with E-state index >= 15 is 0 Å². The molecule has 0 atom stereocenters. The Morgan fingerprint density at radius 3 is 2.30 bits per heavy atom. The summed E-state index contributed by atoms with van der Waals surface area (Å²) in [6, 6.07) is 3.43. The van der Waals surface area contributed by atoms with Crippen LogP contribution in [-0.2, 0) is 0 Å². The number of nitrogens with zero attached hydrogens (tertiary/aromatic N) is 1. The maximum absolute atomic E-state index is 13.8. The average Bonchev–Trinajstić information content (AvgIpc) is 2.37. The minimum Gasteiger partial charge on any atom is -0.478 e. The molecule has 0 spiro atoms. The van der Waals surface area contributed by atoms with Gasteiger partial charge in [0.15, 0.2) is 0 Å². The summed E-state index contributed by atoms with van der Waals surface area (Å²) in [6.45, 7) is 0.209. The van der Waals surface area contributed by atoms with Gasteiger partial charge in [-0.05, 0) is 31.0 Å². The second-order valence-electron chi connectivity index (χ2n) is 4.77. The molecular weight excluding hydrogens is 278 g/mol. The summed E-state index contributed by atoms with van der Waals surface area (Å²) in [5, 5.41) is 8.73. The summed E-state index contributed by atoms with van der Waals surface area (Å²) in [7, 11) is 0. The molecule has 0 aliphatic carbocycles. The highest BCUT2D eigenvalue weighted by molar-refractivity contribution is 5.88. The lowest BCUT2D eigenvalue weighted by molar-refractivity contribution is -0.179. The molecule has 0 radical (unpaired) electrons. The van der Waals surface area contributed by atoms with Crippen molar-refractivity contribution in [2.75, 3.05) is 18.0 Å². The maximum Gasteiger partial charge on any atom is 0.391 e. The van der Waals surface area contributed by atoms with E-state index in [4.69, 9.17) is 5.11 Å². The minimum atomic E-state index is -4.21. The summed E-state index contributed by atoms with van der Waals surface area (Å²) < 4.78 is 51.4. The van der Waals surface area contributed by atoms with Gasteiger partial charge in [0.25, 0.3) is 0 Å². The van der Waals surface area contributed by atoms with Crippen molar-refractivity contribution >= 4 is 11.7 Å². The van der Waals surface area contributed by atoms with E-state index in [1.54, 1.807) is 0 Å². The van der Waals surface area contributed by atoms with Crippen LogP contribution in [-0.4, -0.2) is 30.3 Å². The molecule has 1 aliphatic rings. The van der Waals surface area contributed by atoms with Crippen molar-refractivity contribution in [1.29, 1.82) is 0 Å². The third kappa shape index (κ3) is 3.02. The summed E-state index contributed by atoms with van der Waals surface area (Å²) in [4.78, 5) is 12.2. The smallest absolute Gasteiger partial charge is 0.391 e. The van der Waals surface area contributed by atoms with Gasteiger partial charge in [-0.1, -0.05) is 0 Å². The topological polar surface area (TPSA) is 40.5 Å². The Bertz CT molecular complexity index is 508. The van der Waals surface area contributed by atoms with Gasteiger partial charge < -0.3 is 10.0 Å². The maximum atomic E-state index is 13.8. The molecule has 1 heterocycles. The van der Waals surface area contributed by atoms with Crippen LogP contribution in [0.2, 0.25) is 0 Å². The second-order valence-corrected chi connectivity index (χ2v) is 4.77. The van der Waals surface area contributed by atoms with E-state index in [9.17, 15) is 22.4 Å². The number of anilines is 1. The van der Waals surface area contributed by atoms with E-state index in [0.717, 1.165) is 6.07 Å². The van der Waals surface area contributed by atoms with Crippen LogP contribution in [0.1, 0.15) is 23.2 Å². The van der Waals surface area contributed by atoms with Crippen molar-refractivity contribution in [1.82, 2.24) is 0 Å². The molecule has 1 aliphatic heterocycles. The van der Waals surface area contributed by atoms with Crippen molar-refractivity contribution in [3.8, 4) is 0 Å². The van der Waals surface area contributed by atoms with Gasteiger partial charge in [0.1, 0.15) is 5.82 Å². The normalized spacial score (nSPS) is 17.3. The van der Waals surface area contributed by atoms with Gasteiger partial charge in [0.05, 0.1) is 17.2 Å². The molecule has 0 amide bonds.